The Morgan fingerprint density at radius 3 is 2.42 bits per heavy atom. The van der Waals surface area contributed by atoms with Gasteiger partial charge < -0.3 is 15.1 Å². The van der Waals surface area contributed by atoms with Crippen LogP contribution in [0.4, 0.5) is 0 Å². The zero-order valence-electron chi connectivity index (χ0n) is 7.61. The van der Waals surface area contributed by atoms with Crippen LogP contribution in [0.2, 0.25) is 0 Å². The molecule has 0 heterocycles. The van der Waals surface area contributed by atoms with Crippen LogP contribution in [0, 0.1) is 0 Å². The first-order valence-electron chi connectivity index (χ1n) is 3.65. The highest BCUT2D eigenvalue weighted by atomic mass is 16.4. The summed E-state index contributed by atoms with van der Waals surface area (Å²) in [5.41, 5.74) is -0.425. The van der Waals surface area contributed by atoms with Crippen LogP contribution in [0.15, 0.2) is 12.3 Å². The number of nitrogens with zero attached hydrogens (tertiary/aromatic N) is 1. The summed E-state index contributed by atoms with van der Waals surface area (Å²) in [5, 5.41) is 17.2. The standard InChI is InChI=1S/C8H15NO3/c1-8(2,6-10)9(3)5-4-7(11)12/h4-5,10H,6H2,1-3H3,(H,11,12)/b5-4+. The van der Waals surface area contributed by atoms with Crippen molar-refractivity contribution in [3.8, 4) is 0 Å². The number of carboxylic acids is 1. The molecule has 0 radical (unpaired) electrons. The predicted molar refractivity (Wildman–Crippen MR) is 45.7 cm³/mol. The largest absolute Gasteiger partial charge is 0.478 e. The van der Waals surface area contributed by atoms with Crippen molar-refractivity contribution in [1.29, 1.82) is 0 Å². The minimum atomic E-state index is -0.990. The maximum atomic E-state index is 10.1. The first kappa shape index (κ1) is 11.0. The molecule has 0 aliphatic heterocycles. The number of carbonyl (C=O) groups is 1. The van der Waals surface area contributed by atoms with E-state index >= 15 is 0 Å². The Bertz CT molecular complexity index is 187. The molecular formula is C8H15NO3. The second-order valence-corrected chi connectivity index (χ2v) is 3.24. The molecule has 0 aromatic heterocycles. The molecule has 4 nitrogen and oxygen atoms in total. The Hall–Kier alpha value is -1.03. The summed E-state index contributed by atoms with van der Waals surface area (Å²) in [6, 6.07) is 0. The molecule has 0 unspecified atom stereocenters. The van der Waals surface area contributed by atoms with Crippen molar-refractivity contribution in [2.75, 3.05) is 13.7 Å². The second-order valence-electron chi connectivity index (χ2n) is 3.24. The summed E-state index contributed by atoms with van der Waals surface area (Å²) in [4.78, 5) is 11.8. The summed E-state index contributed by atoms with van der Waals surface area (Å²) >= 11 is 0. The van der Waals surface area contributed by atoms with Crippen LogP contribution in [0.25, 0.3) is 0 Å². The summed E-state index contributed by atoms with van der Waals surface area (Å²) in [6.45, 7) is 3.62. The van der Waals surface area contributed by atoms with Gasteiger partial charge in [-0.1, -0.05) is 0 Å². The number of aliphatic carboxylic acids is 1. The fourth-order valence-corrected chi connectivity index (χ4v) is 0.489. The van der Waals surface area contributed by atoms with Crippen molar-refractivity contribution in [3.05, 3.63) is 12.3 Å². The van der Waals surface area contributed by atoms with Gasteiger partial charge in [-0.15, -0.1) is 0 Å². The Labute approximate surface area is 72.1 Å². The molecule has 0 rings (SSSR count). The molecular weight excluding hydrogens is 158 g/mol. The number of rotatable bonds is 4. The van der Waals surface area contributed by atoms with E-state index in [1.165, 1.54) is 6.20 Å². The van der Waals surface area contributed by atoms with Gasteiger partial charge in [0.1, 0.15) is 0 Å². The summed E-state index contributed by atoms with van der Waals surface area (Å²) < 4.78 is 0. The third kappa shape index (κ3) is 3.39. The monoisotopic (exact) mass is 173 g/mol. The molecule has 4 heteroatoms. The lowest BCUT2D eigenvalue weighted by molar-refractivity contribution is -0.131. The Morgan fingerprint density at radius 2 is 2.08 bits per heavy atom. The molecule has 0 aromatic carbocycles. The molecule has 0 spiro atoms. The van der Waals surface area contributed by atoms with Crippen molar-refractivity contribution in [2.24, 2.45) is 0 Å². The maximum Gasteiger partial charge on any atom is 0.329 e. The van der Waals surface area contributed by atoms with E-state index in [1.807, 2.05) is 13.8 Å². The normalized spacial score (nSPS) is 12.0. The zero-order valence-corrected chi connectivity index (χ0v) is 7.61. The van der Waals surface area contributed by atoms with E-state index in [0.717, 1.165) is 6.08 Å². The molecule has 0 saturated carbocycles. The predicted octanol–water partition coefficient (Wildman–Crippen LogP) is 0.287. The third-order valence-electron chi connectivity index (χ3n) is 1.78. The van der Waals surface area contributed by atoms with E-state index in [9.17, 15) is 4.79 Å². The van der Waals surface area contributed by atoms with Gasteiger partial charge in [0.15, 0.2) is 0 Å². The number of likely N-dealkylation sites (N-methyl/N-ethyl adjacent to an activating group) is 1. The fraction of sp³-hybridized carbons (Fsp3) is 0.625. The Morgan fingerprint density at radius 1 is 1.58 bits per heavy atom. The van der Waals surface area contributed by atoms with E-state index in [1.54, 1.807) is 11.9 Å². The van der Waals surface area contributed by atoms with Gasteiger partial charge in [0.25, 0.3) is 0 Å². The van der Waals surface area contributed by atoms with Crippen molar-refractivity contribution in [3.63, 3.8) is 0 Å². The van der Waals surface area contributed by atoms with Gasteiger partial charge in [-0.25, -0.2) is 4.79 Å². The van der Waals surface area contributed by atoms with Gasteiger partial charge in [-0.3, -0.25) is 0 Å². The van der Waals surface area contributed by atoms with Crippen LogP contribution >= 0.6 is 0 Å². The summed E-state index contributed by atoms with van der Waals surface area (Å²) in [6.07, 6.45) is 2.47. The van der Waals surface area contributed by atoms with E-state index in [4.69, 9.17) is 10.2 Å². The zero-order chi connectivity index (χ0) is 9.78. The highest BCUT2D eigenvalue weighted by Gasteiger charge is 2.19. The van der Waals surface area contributed by atoms with Crippen LogP contribution < -0.4 is 0 Å². The average Bonchev–Trinajstić information content (AvgIpc) is 2.00. The first-order valence-corrected chi connectivity index (χ1v) is 3.65. The van der Waals surface area contributed by atoms with Gasteiger partial charge in [0, 0.05) is 19.3 Å². The maximum absolute atomic E-state index is 10.1. The average molecular weight is 173 g/mol. The molecule has 0 aromatic rings. The van der Waals surface area contributed by atoms with Crippen molar-refractivity contribution in [2.45, 2.75) is 19.4 Å². The molecule has 0 saturated heterocycles. The highest BCUT2D eigenvalue weighted by molar-refractivity contribution is 5.79. The molecule has 70 valence electrons. The van der Waals surface area contributed by atoms with Crippen LogP contribution in [-0.2, 0) is 4.79 Å². The number of carboxylic acid groups (broad SMARTS) is 1. The molecule has 2 N–H and O–H groups in total. The molecule has 0 atom stereocenters. The summed E-state index contributed by atoms with van der Waals surface area (Å²) in [5.74, 6) is -0.990. The smallest absolute Gasteiger partial charge is 0.329 e. The van der Waals surface area contributed by atoms with E-state index < -0.39 is 11.5 Å². The lowest BCUT2D eigenvalue weighted by Crippen LogP contribution is -2.40. The van der Waals surface area contributed by atoms with E-state index in [0.29, 0.717) is 0 Å². The summed E-state index contributed by atoms with van der Waals surface area (Å²) in [7, 11) is 1.72. The van der Waals surface area contributed by atoms with Crippen LogP contribution in [0.5, 0.6) is 0 Å². The van der Waals surface area contributed by atoms with Gasteiger partial charge >= 0.3 is 5.97 Å². The van der Waals surface area contributed by atoms with Gasteiger partial charge in [-0.05, 0) is 13.8 Å². The minimum Gasteiger partial charge on any atom is -0.478 e. The van der Waals surface area contributed by atoms with Crippen molar-refractivity contribution in [1.82, 2.24) is 4.90 Å². The molecule has 0 bridgehead atoms. The van der Waals surface area contributed by atoms with Crippen LogP contribution in [0.1, 0.15) is 13.8 Å². The molecule has 0 fully saturated rings. The number of aliphatic hydroxyl groups excluding tert-OH is 1. The number of hydrogen-bond donors (Lipinski definition) is 2. The van der Waals surface area contributed by atoms with Crippen molar-refractivity contribution < 1.29 is 15.0 Å². The molecule has 0 aliphatic rings. The highest BCUT2D eigenvalue weighted by Crippen LogP contribution is 2.10. The van der Waals surface area contributed by atoms with Crippen molar-refractivity contribution >= 4 is 5.97 Å². The topological polar surface area (TPSA) is 60.8 Å². The lowest BCUT2D eigenvalue weighted by atomic mass is 10.1. The third-order valence-corrected chi connectivity index (χ3v) is 1.78. The van der Waals surface area contributed by atoms with Crippen LogP contribution in [-0.4, -0.2) is 40.3 Å². The quantitative estimate of drug-likeness (QED) is 0.600. The van der Waals surface area contributed by atoms with E-state index in [-0.39, 0.29) is 6.61 Å². The number of aliphatic hydroxyl groups is 1. The Kier molecular flexibility index (Phi) is 3.76. The van der Waals surface area contributed by atoms with Crippen LogP contribution in [0.3, 0.4) is 0 Å². The van der Waals surface area contributed by atoms with Gasteiger partial charge in [-0.2, -0.15) is 0 Å². The van der Waals surface area contributed by atoms with Gasteiger partial charge in [0.05, 0.1) is 12.1 Å². The molecule has 0 amide bonds. The van der Waals surface area contributed by atoms with E-state index in [2.05, 4.69) is 0 Å². The SMILES string of the molecule is CN(/C=C/C(=O)O)C(C)(C)CO. The minimum absolute atomic E-state index is 0.0204. The lowest BCUT2D eigenvalue weighted by Gasteiger charge is -2.32. The molecule has 0 aliphatic carbocycles. The fourth-order valence-electron chi connectivity index (χ4n) is 0.489. The first-order chi connectivity index (χ1) is 5.40. The number of hydrogen-bond acceptors (Lipinski definition) is 3. The second kappa shape index (κ2) is 4.11. The van der Waals surface area contributed by atoms with Gasteiger partial charge in [0.2, 0.25) is 0 Å². The Balaban J connectivity index is 4.20. The molecule has 12 heavy (non-hydrogen) atoms.